The molecule has 1 aromatic carbocycles. The van der Waals surface area contributed by atoms with Gasteiger partial charge < -0.3 is 10.2 Å². The Balaban J connectivity index is 1.39. The number of benzene rings is 1. The summed E-state index contributed by atoms with van der Waals surface area (Å²) < 4.78 is 1.05. The largest absolute Gasteiger partial charge is 0.355 e. The Kier molecular flexibility index (Phi) is 5.36. The maximum absolute atomic E-state index is 12.2. The molecule has 1 saturated heterocycles. The summed E-state index contributed by atoms with van der Waals surface area (Å²) in [7, 11) is 0. The molecule has 1 aliphatic heterocycles. The Morgan fingerprint density at radius 3 is 2.52 bits per heavy atom. The van der Waals surface area contributed by atoms with E-state index in [2.05, 4.69) is 33.4 Å². The van der Waals surface area contributed by atoms with Gasteiger partial charge in [0.2, 0.25) is 11.8 Å². The van der Waals surface area contributed by atoms with Gasteiger partial charge in [0.15, 0.2) is 0 Å². The average molecular weight is 379 g/mol. The van der Waals surface area contributed by atoms with Crippen LogP contribution in [0.15, 0.2) is 28.7 Å². The van der Waals surface area contributed by atoms with Crippen LogP contribution >= 0.6 is 15.9 Å². The molecule has 2 aliphatic rings. The predicted molar refractivity (Wildman–Crippen MR) is 93.0 cm³/mol. The molecule has 1 heterocycles. The fourth-order valence-electron chi connectivity index (χ4n) is 3.29. The number of halogens is 1. The highest BCUT2D eigenvalue weighted by Crippen LogP contribution is 2.47. The third-order valence-electron chi connectivity index (χ3n) is 4.77. The molecule has 0 bridgehead atoms. The van der Waals surface area contributed by atoms with Gasteiger partial charge in [-0.15, -0.1) is 0 Å². The van der Waals surface area contributed by atoms with Gasteiger partial charge in [-0.25, -0.2) is 0 Å². The van der Waals surface area contributed by atoms with Gasteiger partial charge in [-0.05, 0) is 49.3 Å². The fraction of sp³-hybridized carbons (Fsp3) is 0.556. The first-order valence-corrected chi connectivity index (χ1v) is 9.25. The van der Waals surface area contributed by atoms with Crippen LogP contribution in [0.5, 0.6) is 0 Å². The van der Waals surface area contributed by atoms with E-state index in [1.54, 1.807) is 0 Å². The van der Waals surface area contributed by atoms with E-state index in [0.717, 1.165) is 36.8 Å². The molecule has 0 radical (unpaired) electrons. The summed E-state index contributed by atoms with van der Waals surface area (Å²) in [4.78, 5) is 26.1. The van der Waals surface area contributed by atoms with Crippen molar-refractivity contribution in [3.8, 4) is 0 Å². The molecule has 1 aromatic rings. The van der Waals surface area contributed by atoms with Crippen molar-refractivity contribution in [2.24, 2.45) is 5.92 Å². The van der Waals surface area contributed by atoms with E-state index in [-0.39, 0.29) is 17.7 Å². The molecular weight excluding hydrogens is 356 g/mol. The molecule has 3 rings (SSSR count). The summed E-state index contributed by atoms with van der Waals surface area (Å²) in [6.45, 7) is 2.21. The average Bonchev–Trinajstić information content (AvgIpc) is 3.37. The third-order valence-corrected chi connectivity index (χ3v) is 5.30. The van der Waals surface area contributed by atoms with Gasteiger partial charge in [-0.2, -0.15) is 0 Å². The second-order valence-corrected chi connectivity index (χ2v) is 7.40. The van der Waals surface area contributed by atoms with Crippen molar-refractivity contribution in [2.45, 2.75) is 38.0 Å². The molecule has 2 amide bonds. The SMILES string of the molecule is O=C(NCCC(=O)N1CCCCC1)[C@H]1C[C@@H]1c1ccc(Br)cc1. The van der Waals surface area contributed by atoms with Crippen LogP contribution in [0.3, 0.4) is 0 Å². The number of hydrogen-bond acceptors (Lipinski definition) is 2. The molecule has 0 spiro atoms. The van der Waals surface area contributed by atoms with E-state index in [1.807, 2.05) is 17.0 Å². The maximum atomic E-state index is 12.2. The fourth-order valence-corrected chi connectivity index (χ4v) is 3.55. The number of nitrogens with one attached hydrogen (secondary N) is 1. The number of carbonyl (C=O) groups excluding carboxylic acids is 2. The van der Waals surface area contributed by atoms with Crippen molar-refractivity contribution >= 4 is 27.7 Å². The van der Waals surface area contributed by atoms with Crippen molar-refractivity contribution in [3.63, 3.8) is 0 Å². The second kappa shape index (κ2) is 7.47. The van der Waals surface area contributed by atoms with E-state index < -0.39 is 0 Å². The number of likely N-dealkylation sites (tertiary alicyclic amines) is 1. The molecular formula is C18H23BrN2O2. The highest BCUT2D eigenvalue weighted by molar-refractivity contribution is 9.10. The Hall–Kier alpha value is -1.36. The molecule has 1 aliphatic carbocycles. The lowest BCUT2D eigenvalue weighted by molar-refractivity contribution is -0.132. The maximum Gasteiger partial charge on any atom is 0.224 e. The molecule has 1 saturated carbocycles. The molecule has 0 aromatic heterocycles. The summed E-state index contributed by atoms with van der Waals surface area (Å²) in [5, 5.41) is 2.93. The third kappa shape index (κ3) is 4.34. The number of hydrogen-bond donors (Lipinski definition) is 1. The highest BCUT2D eigenvalue weighted by Gasteiger charge is 2.43. The first-order valence-electron chi connectivity index (χ1n) is 8.46. The standard InChI is InChI=1S/C18H23BrN2O2/c19-14-6-4-13(5-7-14)15-12-16(15)18(23)20-9-8-17(22)21-10-2-1-3-11-21/h4-7,15-16H,1-3,8-12H2,(H,20,23)/t15-,16+/m1/s1. The van der Waals surface area contributed by atoms with Gasteiger partial charge >= 0.3 is 0 Å². The van der Waals surface area contributed by atoms with Crippen LogP contribution in [0.4, 0.5) is 0 Å². The van der Waals surface area contributed by atoms with Gasteiger partial charge in [0.05, 0.1) is 0 Å². The van der Waals surface area contributed by atoms with Crippen LogP contribution in [0.25, 0.3) is 0 Å². The van der Waals surface area contributed by atoms with E-state index in [0.29, 0.717) is 18.9 Å². The van der Waals surface area contributed by atoms with E-state index >= 15 is 0 Å². The van der Waals surface area contributed by atoms with Crippen molar-refractivity contribution in [1.82, 2.24) is 10.2 Å². The monoisotopic (exact) mass is 378 g/mol. The smallest absolute Gasteiger partial charge is 0.224 e. The molecule has 23 heavy (non-hydrogen) atoms. The van der Waals surface area contributed by atoms with Crippen LogP contribution in [0, 0.1) is 5.92 Å². The van der Waals surface area contributed by atoms with E-state index in [1.165, 1.54) is 12.0 Å². The minimum atomic E-state index is 0.0706. The molecule has 5 heteroatoms. The van der Waals surface area contributed by atoms with Gasteiger partial charge in [-0.3, -0.25) is 9.59 Å². The number of amides is 2. The van der Waals surface area contributed by atoms with Gasteiger partial charge in [0.25, 0.3) is 0 Å². The summed E-state index contributed by atoms with van der Waals surface area (Å²) in [5.74, 6) is 0.664. The zero-order chi connectivity index (χ0) is 16.2. The van der Waals surface area contributed by atoms with Gasteiger partial charge in [-0.1, -0.05) is 28.1 Å². The van der Waals surface area contributed by atoms with Crippen LogP contribution in [-0.2, 0) is 9.59 Å². The number of nitrogens with zero attached hydrogens (tertiary/aromatic N) is 1. The molecule has 0 unspecified atom stereocenters. The Bertz CT molecular complexity index is 567. The zero-order valence-electron chi connectivity index (χ0n) is 13.3. The first kappa shape index (κ1) is 16.5. The summed E-state index contributed by atoms with van der Waals surface area (Å²) >= 11 is 3.42. The lowest BCUT2D eigenvalue weighted by atomic mass is 10.1. The van der Waals surface area contributed by atoms with Crippen molar-refractivity contribution in [2.75, 3.05) is 19.6 Å². The zero-order valence-corrected chi connectivity index (χ0v) is 14.8. The van der Waals surface area contributed by atoms with E-state index in [9.17, 15) is 9.59 Å². The molecule has 1 N–H and O–H groups in total. The lowest BCUT2D eigenvalue weighted by Gasteiger charge is -2.26. The molecule has 124 valence electrons. The van der Waals surface area contributed by atoms with Crippen LogP contribution < -0.4 is 5.32 Å². The van der Waals surface area contributed by atoms with E-state index in [4.69, 9.17) is 0 Å². The van der Waals surface area contributed by atoms with Gasteiger partial charge in [0.1, 0.15) is 0 Å². The minimum Gasteiger partial charge on any atom is -0.355 e. The van der Waals surface area contributed by atoms with Crippen molar-refractivity contribution in [1.29, 1.82) is 0 Å². The van der Waals surface area contributed by atoms with Crippen LogP contribution in [0.1, 0.15) is 43.6 Å². The predicted octanol–water partition coefficient (Wildman–Crippen LogP) is 3.07. The number of piperidine rings is 1. The Labute approximate surface area is 145 Å². The van der Waals surface area contributed by atoms with Crippen LogP contribution in [-0.4, -0.2) is 36.3 Å². The van der Waals surface area contributed by atoms with Crippen molar-refractivity contribution in [3.05, 3.63) is 34.3 Å². The first-order chi connectivity index (χ1) is 11.1. The summed E-state index contributed by atoms with van der Waals surface area (Å²) in [6, 6.07) is 8.17. The summed E-state index contributed by atoms with van der Waals surface area (Å²) in [6.07, 6.45) is 4.76. The second-order valence-electron chi connectivity index (χ2n) is 6.48. The molecule has 2 atom stereocenters. The Morgan fingerprint density at radius 2 is 1.83 bits per heavy atom. The molecule has 4 nitrogen and oxygen atoms in total. The quantitative estimate of drug-likeness (QED) is 0.855. The lowest BCUT2D eigenvalue weighted by Crippen LogP contribution is -2.38. The van der Waals surface area contributed by atoms with Crippen LogP contribution in [0.2, 0.25) is 0 Å². The Morgan fingerprint density at radius 1 is 1.13 bits per heavy atom. The number of rotatable bonds is 5. The number of carbonyl (C=O) groups is 2. The summed E-state index contributed by atoms with van der Waals surface area (Å²) in [5.41, 5.74) is 1.22. The minimum absolute atomic E-state index is 0.0706. The topological polar surface area (TPSA) is 49.4 Å². The normalized spacial score (nSPS) is 23.4. The van der Waals surface area contributed by atoms with Gasteiger partial charge in [0, 0.05) is 36.4 Å². The van der Waals surface area contributed by atoms with Crippen molar-refractivity contribution < 1.29 is 9.59 Å². The molecule has 2 fully saturated rings. The highest BCUT2D eigenvalue weighted by atomic mass is 79.9.